The van der Waals surface area contributed by atoms with Crippen molar-refractivity contribution in [3.63, 3.8) is 0 Å². The molecule has 2 heterocycles. The molecule has 0 atom stereocenters. The molecule has 0 aliphatic rings. The molecule has 0 unspecified atom stereocenters. The summed E-state index contributed by atoms with van der Waals surface area (Å²) in [5, 5.41) is 18.4. The number of aliphatic hydroxyl groups is 1. The molecule has 2 aromatic heterocycles. The van der Waals surface area contributed by atoms with Crippen LogP contribution in [0.25, 0.3) is 11.1 Å². The van der Waals surface area contributed by atoms with Gasteiger partial charge in [0.2, 0.25) is 0 Å². The van der Waals surface area contributed by atoms with E-state index in [0.29, 0.717) is 16.7 Å². The number of nitrogens with zero attached hydrogens (tertiary/aromatic N) is 3. The molecule has 166 valence electrons. The molecule has 0 aliphatic carbocycles. The first-order chi connectivity index (χ1) is 15.1. The highest BCUT2D eigenvalue weighted by atomic mass is 35.5. The number of rotatable bonds is 5. The minimum absolute atomic E-state index is 0.0463. The fourth-order valence-electron chi connectivity index (χ4n) is 3.52. The van der Waals surface area contributed by atoms with Crippen molar-refractivity contribution in [1.29, 1.82) is 5.26 Å². The van der Waals surface area contributed by atoms with Crippen molar-refractivity contribution >= 4 is 17.6 Å². The summed E-state index contributed by atoms with van der Waals surface area (Å²) >= 11 is 5.89. The van der Waals surface area contributed by atoms with Crippen molar-refractivity contribution in [2.24, 2.45) is 0 Å². The van der Waals surface area contributed by atoms with E-state index in [1.807, 2.05) is 6.07 Å². The van der Waals surface area contributed by atoms with Gasteiger partial charge in [-0.1, -0.05) is 23.7 Å². The van der Waals surface area contributed by atoms with Gasteiger partial charge in [-0.25, -0.2) is 9.78 Å². The van der Waals surface area contributed by atoms with Gasteiger partial charge in [-0.15, -0.1) is 0 Å². The molecule has 1 N–H and O–H groups in total. The summed E-state index contributed by atoms with van der Waals surface area (Å²) in [6.45, 7) is 0.754. The van der Waals surface area contributed by atoms with Crippen LogP contribution in [0.15, 0.2) is 36.5 Å². The number of esters is 1. The zero-order valence-electron chi connectivity index (χ0n) is 17.0. The number of carbonyl (C=O) groups is 1. The van der Waals surface area contributed by atoms with E-state index < -0.39 is 30.0 Å². The number of aliphatic hydroxyl groups excluding tert-OH is 1. The number of hydrogen-bond donors (Lipinski definition) is 1. The van der Waals surface area contributed by atoms with Crippen molar-refractivity contribution in [3.05, 3.63) is 75.3 Å². The first-order valence-corrected chi connectivity index (χ1v) is 9.63. The predicted octanol–water partition coefficient (Wildman–Crippen LogP) is 4.73. The normalized spacial score (nSPS) is 11.3. The van der Waals surface area contributed by atoms with E-state index in [0.717, 1.165) is 11.7 Å². The lowest BCUT2D eigenvalue weighted by Gasteiger charge is -2.15. The lowest BCUT2D eigenvalue weighted by molar-refractivity contribution is -0.144. The van der Waals surface area contributed by atoms with Gasteiger partial charge >= 0.3 is 12.1 Å². The number of halogens is 4. The Hall–Kier alpha value is -3.35. The molecule has 32 heavy (non-hydrogen) atoms. The number of benzene rings is 1. The molecule has 1 aromatic carbocycles. The van der Waals surface area contributed by atoms with Gasteiger partial charge in [-0.3, -0.25) is 0 Å². The zero-order chi connectivity index (χ0) is 23.6. The summed E-state index contributed by atoms with van der Waals surface area (Å²) in [5.41, 5.74) is -0.288. The third-order valence-electron chi connectivity index (χ3n) is 4.96. The van der Waals surface area contributed by atoms with E-state index in [1.165, 1.54) is 43.5 Å². The second-order valence-electron chi connectivity index (χ2n) is 6.90. The molecule has 0 amide bonds. The Kier molecular flexibility index (Phi) is 6.57. The van der Waals surface area contributed by atoms with E-state index in [4.69, 9.17) is 16.9 Å². The number of hydrogen-bond acceptors (Lipinski definition) is 5. The van der Waals surface area contributed by atoms with Crippen molar-refractivity contribution < 1.29 is 27.8 Å². The Morgan fingerprint density at radius 1 is 1.31 bits per heavy atom. The Balaban J connectivity index is 2.30. The van der Waals surface area contributed by atoms with Gasteiger partial charge in [0.1, 0.15) is 10.8 Å². The topological polar surface area (TPSA) is 88.1 Å². The van der Waals surface area contributed by atoms with Crippen molar-refractivity contribution in [3.8, 4) is 17.2 Å². The Bertz CT molecular complexity index is 1210. The average Bonchev–Trinajstić information content (AvgIpc) is 3.06. The van der Waals surface area contributed by atoms with E-state index >= 15 is 0 Å². The molecule has 10 heteroatoms. The number of aromatic nitrogens is 2. The summed E-state index contributed by atoms with van der Waals surface area (Å²) in [5.74, 6) is -1.14. The van der Waals surface area contributed by atoms with Crippen LogP contribution in [0.3, 0.4) is 0 Å². The molecule has 6 nitrogen and oxygen atoms in total. The first kappa shape index (κ1) is 23.3. The molecule has 0 aliphatic heterocycles. The smallest absolute Gasteiger partial charge is 0.432 e. The minimum atomic E-state index is -4.88. The summed E-state index contributed by atoms with van der Waals surface area (Å²) in [6.07, 6.45) is -3.57. The molecule has 0 radical (unpaired) electrons. The van der Waals surface area contributed by atoms with Crippen LogP contribution in [-0.2, 0) is 24.1 Å². The minimum Gasteiger partial charge on any atom is -0.465 e. The quantitative estimate of drug-likeness (QED) is 0.436. The largest absolute Gasteiger partial charge is 0.465 e. The molecule has 0 saturated carbocycles. The number of ether oxygens (including phenoxy) is 1. The van der Waals surface area contributed by atoms with Crippen LogP contribution >= 0.6 is 11.6 Å². The maximum atomic E-state index is 14.2. The second-order valence-corrected chi connectivity index (χ2v) is 7.26. The number of carbonyl (C=O) groups excluding carboxylic acids is 1. The fourth-order valence-corrected chi connectivity index (χ4v) is 3.68. The first-order valence-electron chi connectivity index (χ1n) is 9.25. The molecule has 3 rings (SSSR count). The Morgan fingerprint density at radius 2 is 1.97 bits per heavy atom. The van der Waals surface area contributed by atoms with Gasteiger partial charge < -0.3 is 14.4 Å². The van der Waals surface area contributed by atoms with Crippen LogP contribution in [0.1, 0.15) is 38.4 Å². The van der Waals surface area contributed by atoms with Crippen LogP contribution in [0.5, 0.6) is 0 Å². The summed E-state index contributed by atoms with van der Waals surface area (Å²) in [7, 11) is 1.01. The maximum Gasteiger partial charge on any atom is 0.432 e. The van der Waals surface area contributed by atoms with E-state index in [2.05, 4.69) is 9.72 Å². The Labute approximate surface area is 186 Å². The monoisotopic (exact) mass is 463 g/mol. The van der Waals surface area contributed by atoms with Crippen LogP contribution in [0, 0.1) is 18.3 Å². The molecule has 0 fully saturated rings. The molecular weight excluding hydrogens is 447 g/mol. The van der Waals surface area contributed by atoms with Gasteiger partial charge in [0.15, 0.2) is 0 Å². The van der Waals surface area contributed by atoms with Crippen LogP contribution < -0.4 is 0 Å². The second kappa shape index (κ2) is 9.02. The molecule has 0 bridgehead atoms. The van der Waals surface area contributed by atoms with Gasteiger partial charge in [-0.2, -0.15) is 18.4 Å². The number of alkyl halides is 3. The number of methoxy groups -OCH3 is 1. The number of pyridine rings is 1. The van der Waals surface area contributed by atoms with Crippen LogP contribution in [-0.4, -0.2) is 27.7 Å². The fraction of sp³-hybridized carbons (Fsp3) is 0.227. The van der Waals surface area contributed by atoms with Crippen molar-refractivity contribution in [2.45, 2.75) is 26.3 Å². The van der Waals surface area contributed by atoms with Crippen LogP contribution in [0.2, 0.25) is 5.15 Å². The van der Waals surface area contributed by atoms with Crippen molar-refractivity contribution in [1.82, 2.24) is 9.55 Å². The third kappa shape index (κ3) is 4.33. The summed E-state index contributed by atoms with van der Waals surface area (Å²) in [6, 6.07) is 9.26. The maximum absolute atomic E-state index is 14.2. The van der Waals surface area contributed by atoms with Crippen molar-refractivity contribution in [2.75, 3.05) is 7.11 Å². The Morgan fingerprint density at radius 3 is 2.50 bits per heavy atom. The van der Waals surface area contributed by atoms with Gasteiger partial charge in [0.05, 0.1) is 30.9 Å². The van der Waals surface area contributed by atoms with Gasteiger partial charge in [0, 0.05) is 29.6 Å². The van der Waals surface area contributed by atoms with E-state index in [-0.39, 0.29) is 28.5 Å². The standard InChI is InChI=1S/C22H17ClF3N3O3/c1-12-17(15-5-3-13(8-27)4-6-15)18(21(31)32-2)19(22(24,25)26)29(12)10-14-7-16(11-30)20(23)28-9-14/h3-7,9,30H,10-11H2,1-2H3. The third-order valence-corrected chi connectivity index (χ3v) is 5.30. The highest BCUT2D eigenvalue weighted by molar-refractivity contribution is 6.30. The van der Waals surface area contributed by atoms with Gasteiger partial charge in [0.25, 0.3) is 0 Å². The van der Waals surface area contributed by atoms with Crippen LogP contribution in [0.4, 0.5) is 13.2 Å². The lowest BCUT2D eigenvalue weighted by Crippen LogP contribution is -2.19. The van der Waals surface area contributed by atoms with E-state index in [1.54, 1.807) is 0 Å². The van der Waals surface area contributed by atoms with E-state index in [9.17, 15) is 23.1 Å². The summed E-state index contributed by atoms with van der Waals surface area (Å²) in [4.78, 5) is 16.4. The predicted molar refractivity (Wildman–Crippen MR) is 110 cm³/mol. The molecule has 0 spiro atoms. The summed E-state index contributed by atoms with van der Waals surface area (Å²) < 4.78 is 48.2. The lowest BCUT2D eigenvalue weighted by atomic mass is 9.99. The SMILES string of the molecule is COC(=O)c1c(-c2ccc(C#N)cc2)c(C)n(Cc2cnc(Cl)c(CO)c2)c1C(F)(F)F. The average molecular weight is 464 g/mol. The number of nitriles is 1. The molecular formula is C22H17ClF3N3O3. The van der Waals surface area contributed by atoms with Gasteiger partial charge in [-0.05, 0) is 36.2 Å². The molecule has 0 saturated heterocycles. The highest BCUT2D eigenvalue weighted by Crippen LogP contribution is 2.42. The molecule has 3 aromatic rings. The zero-order valence-corrected chi connectivity index (χ0v) is 17.8. The highest BCUT2D eigenvalue weighted by Gasteiger charge is 2.43.